The molecule has 0 spiro atoms. The topological polar surface area (TPSA) is 133 Å². The third-order valence-corrected chi connectivity index (χ3v) is 6.97. The van der Waals surface area contributed by atoms with Crippen molar-refractivity contribution in [2.24, 2.45) is 5.41 Å². The van der Waals surface area contributed by atoms with Gasteiger partial charge in [0, 0.05) is 36.7 Å². The summed E-state index contributed by atoms with van der Waals surface area (Å²) >= 11 is 1.36. The van der Waals surface area contributed by atoms with Gasteiger partial charge in [-0.2, -0.15) is 0 Å². The molecule has 11 heteroatoms. The lowest BCUT2D eigenvalue weighted by molar-refractivity contribution is 0.0945. The number of para-hydroxylation sites is 2. The van der Waals surface area contributed by atoms with E-state index in [-0.39, 0.29) is 30.3 Å². The molecule has 1 unspecified atom stereocenters. The number of carbonyl (C=O) groups excluding carboxylic acids is 1. The van der Waals surface area contributed by atoms with Crippen molar-refractivity contribution in [2.45, 2.75) is 39.8 Å². The fourth-order valence-electron chi connectivity index (χ4n) is 3.91. The fourth-order valence-corrected chi connectivity index (χ4v) is 5.05. The predicted molar refractivity (Wildman–Crippen MR) is 141 cm³/mol. The minimum atomic E-state index is -1.04. The highest BCUT2D eigenvalue weighted by atomic mass is 32.1. The van der Waals surface area contributed by atoms with E-state index in [1.807, 2.05) is 45.0 Å². The highest BCUT2D eigenvalue weighted by Crippen LogP contribution is 2.37. The number of nitrogens with zero attached hydrogens (tertiary/aromatic N) is 4. The number of aromatic nitrogens is 4. The SMILES string of the molecule is COc1cc(CNC(=O)c2csc(C(CN(Cc3nc4ccccc4[nH]3)C(=O)O)C(C)(C)C)n2)ccn1. The number of thiazole rings is 1. The Kier molecular flexibility index (Phi) is 7.72. The molecule has 1 aromatic carbocycles. The Bertz CT molecular complexity index is 1360. The van der Waals surface area contributed by atoms with Crippen molar-refractivity contribution in [1.82, 2.24) is 30.2 Å². The average molecular weight is 523 g/mol. The van der Waals surface area contributed by atoms with Gasteiger partial charge in [-0.05, 0) is 29.2 Å². The molecule has 4 rings (SSSR count). The van der Waals surface area contributed by atoms with E-state index in [0.29, 0.717) is 29.0 Å². The Balaban J connectivity index is 1.48. The quantitative estimate of drug-likeness (QED) is 0.291. The third-order valence-electron chi connectivity index (χ3n) is 6.01. The maximum atomic E-state index is 12.8. The summed E-state index contributed by atoms with van der Waals surface area (Å²) in [5.74, 6) is 0.511. The number of aromatic amines is 1. The number of hydrogen-bond donors (Lipinski definition) is 3. The third kappa shape index (κ3) is 6.42. The largest absolute Gasteiger partial charge is 0.481 e. The number of nitrogens with one attached hydrogen (secondary N) is 2. The number of carboxylic acid groups (broad SMARTS) is 1. The van der Waals surface area contributed by atoms with Crippen LogP contribution in [0.4, 0.5) is 4.79 Å². The zero-order valence-corrected chi connectivity index (χ0v) is 22.0. The molecule has 1 atom stereocenters. The van der Waals surface area contributed by atoms with Crippen molar-refractivity contribution in [1.29, 1.82) is 0 Å². The normalized spacial score (nSPS) is 12.3. The Morgan fingerprint density at radius 1 is 1.22 bits per heavy atom. The molecular weight excluding hydrogens is 492 g/mol. The number of H-pyrrole nitrogens is 1. The van der Waals surface area contributed by atoms with Crippen LogP contribution in [0, 0.1) is 5.41 Å². The van der Waals surface area contributed by atoms with Crippen molar-refractivity contribution >= 4 is 34.4 Å². The fraction of sp³-hybridized carbons (Fsp3) is 0.346. The van der Waals surface area contributed by atoms with Crippen LogP contribution in [-0.4, -0.2) is 55.6 Å². The lowest BCUT2D eigenvalue weighted by Gasteiger charge is -2.32. The Hall–Kier alpha value is -3.99. The molecule has 0 aliphatic heterocycles. The number of pyridine rings is 1. The van der Waals surface area contributed by atoms with E-state index in [0.717, 1.165) is 16.6 Å². The summed E-state index contributed by atoms with van der Waals surface area (Å²) in [4.78, 5) is 42.7. The smallest absolute Gasteiger partial charge is 0.407 e. The molecule has 0 bridgehead atoms. The summed E-state index contributed by atoms with van der Waals surface area (Å²) in [6, 6.07) is 11.1. The highest BCUT2D eigenvalue weighted by Gasteiger charge is 2.33. The molecule has 2 amide bonds. The van der Waals surface area contributed by atoms with Gasteiger partial charge in [-0.3, -0.25) is 4.79 Å². The summed E-state index contributed by atoms with van der Waals surface area (Å²) < 4.78 is 5.12. The van der Waals surface area contributed by atoms with Crippen LogP contribution in [0.25, 0.3) is 11.0 Å². The molecule has 10 nitrogen and oxygen atoms in total. The molecule has 0 aliphatic carbocycles. The first-order valence-corrected chi connectivity index (χ1v) is 12.7. The first kappa shape index (κ1) is 26.1. The van der Waals surface area contributed by atoms with Crippen LogP contribution in [0.1, 0.15) is 53.6 Å². The number of hydrogen-bond acceptors (Lipinski definition) is 7. The molecule has 3 N–H and O–H groups in total. The molecule has 3 aromatic heterocycles. The number of carbonyl (C=O) groups is 2. The number of amides is 2. The van der Waals surface area contributed by atoms with E-state index in [1.54, 1.807) is 23.7 Å². The molecule has 3 heterocycles. The number of ether oxygens (including phenoxy) is 1. The number of benzene rings is 1. The minimum absolute atomic E-state index is 0.116. The molecular formula is C26H30N6O4S. The van der Waals surface area contributed by atoms with Gasteiger partial charge >= 0.3 is 6.09 Å². The first-order valence-electron chi connectivity index (χ1n) is 11.8. The molecule has 194 valence electrons. The average Bonchev–Trinajstić information content (AvgIpc) is 3.51. The lowest BCUT2D eigenvalue weighted by Crippen LogP contribution is -2.37. The second-order valence-corrected chi connectivity index (χ2v) is 10.6. The highest BCUT2D eigenvalue weighted by molar-refractivity contribution is 7.10. The van der Waals surface area contributed by atoms with Gasteiger partial charge in [0.05, 0.1) is 29.7 Å². The van der Waals surface area contributed by atoms with E-state index >= 15 is 0 Å². The predicted octanol–water partition coefficient (Wildman–Crippen LogP) is 4.66. The summed E-state index contributed by atoms with van der Waals surface area (Å²) in [6.07, 6.45) is 0.575. The minimum Gasteiger partial charge on any atom is -0.481 e. The van der Waals surface area contributed by atoms with E-state index in [2.05, 4.69) is 25.3 Å². The standard InChI is InChI=1S/C26H30N6O4S/c1-26(2,3)17(13-32(25(34)35)14-21-29-18-7-5-6-8-19(18)30-21)24-31-20(15-37-24)23(33)28-12-16-9-10-27-22(11-16)36-4/h5-11,15,17H,12-14H2,1-4H3,(H,28,33)(H,29,30)(H,34,35). The molecule has 0 saturated carbocycles. The van der Waals surface area contributed by atoms with Gasteiger partial charge in [0.2, 0.25) is 5.88 Å². The van der Waals surface area contributed by atoms with Crippen LogP contribution in [0.5, 0.6) is 5.88 Å². The van der Waals surface area contributed by atoms with Crippen LogP contribution >= 0.6 is 11.3 Å². The lowest BCUT2D eigenvalue weighted by atomic mass is 9.80. The monoisotopic (exact) mass is 522 g/mol. The summed E-state index contributed by atoms with van der Waals surface area (Å²) in [7, 11) is 1.54. The van der Waals surface area contributed by atoms with Crippen LogP contribution in [-0.2, 0) is 13.1 Å². The molecule has 0 radical (unpaired) electrons. The molecule has 0 saturated heterocycles. The Morgan fingerprint density at radius 3 is 2.70 bits per heavy atom. The number of methoxy groups -OCH3 is 1. The van der Waals surface area contributed by atoms with Crippen molar-refractivity contribution in [3.8, 4) is 5.88 Å². The van der Waals surface area contributed by atoms with Gasteiger partial charge in [0.1, 0.15) is 11.5 Å². The first-order chi connectivity index (χ1) is 17.6. The van der Waals surface area contributed by atoms with E-state index < -0.39 is 6.09 Å². The maximum absolute atomic E-state index is 12.8. The zero-order valence-electron chi connectivity index (χ0n) is 21.2. The number of rotatable bonds is 9. The van der Waals surface area contributed by atoms with Gasteiger partial charge in [-0.15, -0.1) is 11.3 Å². The Labute approximate surface area is 218 Å². The van der Waals surface area contributed by atoms with Gasteiger partial charge in [-0.25, -0.2) is 19.7 Å². The molecule has 0 aliphatic rings. The van der Waals surface area contributed by atoms with Crippen LogP contribution in [0.2, 0.25) is 0 Å². The second-order valence-electron chi connectivity index (χ2n) is 9.74. The maximum Gasteiger partial charge on any atom is 0.407 e. The van der Waals surface area contributed by atoms with Gasteiger partial charge < -0.3 is 25.0 Å². The van der Waals surface area contributed by atoms with E-state index in [1.165, 1.54) is 23.3 Å². The number of imidazole rings is 1. The van der Waals surface area contributed by atoms with E-state index in [9.17, 15) is 14.7 Å². The Morgan fingerprint density at radius 2 is 2.00 bits per heavy atom. The van der Waals surface area contributed by atoms with Crippen LogP contribution in [0.3, 0.4) is 0 Å². The summed E-state index contributed by atoms with van der Waals surface area (Å²) in [6.45, 7) is 6.74. The van der Waals surface area contributed by atoms with Crippen molar-refractivity contribution in [2.75, 3.05) is 13.7 Å². The van der Waals surface area contributed by atoms with Crippen LogP contribution < -0.4 is 10.1 Å². The molecule has 4 aromatic rings. The second kappa shape index (κ2) is 11.0. The van der Waals surface area contributed by atoms with E-state index in [4.69, 9.17) is 4.74 Å². The van der Waals surface area contributed by atoms with Gasteiger partial charge in [0.15, 0.2) is 0 Å². The molecule has 0 fully saturated rings. The zero-order chi connectivity index (χ0) is 26.6. The van der Waals surface area contributed by atoms with Crippen LogP contribution in [0.15, 0.2) is 48.0 Å². The summed E-state index contributed by atoms with van der Waals surface area (Å²) in [5, 5.41) is 15.3. The number of fused-ring (bicyclic) bond motifs is 1. The van der Waals surface area contributed by atoms with Gasteiger partial charge in [0.25, 0.3) is 5.91 Å². The van der Waals surface area contributed by atoms with Crippen molar-refractivity contribution in [3.63, 3.8) is 0 Å². The molecule has 37 heavy (non-hydrogen) atoms. The van der Waals surface area contributed by atoms with Crippen molar-refractivity contribution in [3.05, 3.63) is 70.1 Å². The van der Waals surface area contributed by atoms with Gasteiger partial charge in [-0.1, -0.05) is 32.9 Å². The van der Waals surface area contributed by atoms with Crippen molar-refractivity contribution < 1.29 is 19.4 Å². The summed E-state index contributed by atoms with van der Waals surface area (Å²) in [5.41, 5.74) is 2.49.